The molecule has 1 N–H and O–H groups in total. The lowest BCUT2D eigenvalue weighted by molar-refractivity contribution is -0.118. The first-order valence-electron chi connectivity index (χ1n) is 10.3. The average molecular weight is 395 g/mol. The van der Waals surface area contributed by atoms with Gasteiger partial charge >= 0.3 is 0 Å². The molecule has 0 bridgehead atoms. The van der Waals surface area contributed by atoms with Crippen molar-refractivity contribution in [3.63, 3.8) is 0 Å². The molecule has 154 valence electrons. The third-order valence-corrected chi connectivity index (χ3v) is 5.68. The lowest BCUT2D eigenvalue weighted by Gasteiger charge is -2.23. The summed E-state index contributed by atoms with van der Waals surface area (Å²) in [5.74, 6) is 0.424. The van der Waals surface area contributed by atoms with Crippen LogP contribution in [0.1, 0.15) is 56.0 Å². The van der Waals surface area contributed by atoms with Gasteiger partial charge in [-0.1, -0.05) is 39.0 Å². The highest BCUT2D eigenvalue weighted by atomic mass is 16.5. The molecule has 0 atom stereocenters. The number of amides is 2. The number of likely N-dealkylation sites (tertiary alicyclic amines) is 1. The van der Waals surface area contributed by atoms with E-state index in [1.165, 1.54) is 5.56 Å². The third kappa shape index (κ3) is 5.37. The topological polar surface area (TPSA) is 58.6 Å². The Bertz CT molecular complexity index is 853. The van der Waals surface area contributed by atoms with Crippen LogP contribution in [0.3, 0.4) is 0 Å². The van der Waals surface area contributed by atoms with Gasteiger partial charge in [-0.2, -0.15) is 0 Å². The van der Waals surface area contributed by atoms with Gasteiger partial charge in [-0.15, -0.1) is 0 Å². The second kappa shape index (κ2) is 9.12. The molecule has 1 aliphatic heterocycles. The minimum Gasteiger partial charge on any atom is -0.484 e. The maximum atomic E-state index is 12.5. The molecule has 2 amide bonds. The van der Waals surface area contributed by atoms with Crippen LogP contribution in [0.25, 0.3) is 0 Å². The number of anilines is 1. The molecule has 1 aliphatic rings. The average Bonchev–Trinajstić information content (AvgIpc) is 3.27. The van der Waals surface area contributed by atoms with Crippen molar-refractivity contribution < 1.29 is 14.3 Å². The smallest absolute Gasteiger partial charge is 0.262 e. The van der Waals surface area contributed by atoms with Gasteiger partial charge in [0.05, 0.1) is 0 Å². The Morgan fingerprint density at radius 3 is 2.41 bits per heavy atom. The highest BCUT2D eigenvalue weighted by Crippen LogP contribution is 2.28. The Labute approximate surface area is 173 Å². The predicted molar refractivity (Wildman–Crippen MR) is 115 cm³/mol. The van der Waals surface area contributed by atoms with E-state index in [9.17, 15) is 9.59 Å². The van der Waals surface area contributed by atoms with Crippen molar-refractivity contribution >= 4 is 17.5 Å². The molecule has 5 nitrogen and oxygen atoms in total. The van der Waals surface area contributed by atoms with E-state index in [2.05, 4.69) is 26.1 Å². The summed E-state index contributed by atoms with van der Waals surface area (Å²) in [6.45, 7) is 8.11. The molecule has 2 aromatic carbocycles. The van der Waals surface area contributed by atoms with Crippen LogP contribution in [-0.2, 0) is 10.2 Å². The highest BCUT2D eigenvalue weighted by molar-refractivity contribution is 5.97. The number of hydrogen-bond acceptors (Lipinski definition) is 3. The van der Waals surface area contributed by atoms with Crippen molar-refractivity contribution in [2.45, 2.75) is 45.4 Å². The van der Waals surface area contributed by atoms with Gasteiger partial charge in [0, 0.05) is 24.3 Å². The van der Waals surface area contributed by atoms with Crippen LogP contribution in [0, 0.1) is 0 Å². The van der Waals surface area contributed by atoms with Gasteiger partial charge in [0.2, 0.25) is 0 Å². The first kappa shape index (κ1) is 20.9. The number of nitrogens with zero attached hydrogens (tertiary/aromatic N) is 1. The van der Waals surface area contributed by atoms with E-state index in [-0.39, 0.29) is 23.8 Å². The summed E-state index contributed by atoms with van der Waals surface area (Å²) >= 11 is 0. The molecule has 5 heteroatoms. The van der Waals surface area contributed by atoms with Crippen LogP contribution in [0.4, 0.5) is 5.69 Å². The molecule has 0 aliphatic carbocycles. The Morgan fingerprint density at radius 1 is 1.07 bits per heavy atom. The number of ether oxygens (including phenoxy) is 1. The zero-order valence-electron chi connectivity index (χ0n) is 17.5. The number of hydrogen-bond donors (Lipinski definition) is 1. The Kier molecular flexibility index (Phi) is 6.57. The van der Waals surface area contributed by atoms with Crippen molar-refractivity contribution in [1.29, 1.82) is 0 Å². The van der Waals surface area contributed by atoms with E-state index >= 15 is 0 Å². The molecular formula is C24H30N2O3. The number of benzene rings is 2. The standard InChI is InChI=1S/C24H30N2O3/c1-4-24(2,3)19-10-12-21(13-11-19)29-17-22(27)25-20-9-7-8-18(16-20)23(28)26-14-5-6-15-26/h7-13,16H,4-6,14-15,17H2,1-3H3,(H,25,27). The summed E-state index contributed by atoms with van der Waals surface area (Å²) < 4.78 is 5.61. The van der Waals surface area contributed by atoms with Gasteiger partial charge in [-0.05, 0) is 60.6 Å². The maximum Gasteiger partial charge on any atom is 0.262 e. The normalized spacial score (nSPS) is 14.0. The van der Waals surface area contributed by atoms with Crippen molar-refractivity contribution in [1.82, 2.24) is 4.90 Å². The molecule has 0 radical (unpaired) electrons. The SMILES string of the molecule is CCC(C)(C)c1ccc(OCC(=O)Nc2cccc(C(=O)N3CCCC3)c2)cc1. The third-order valence-electron chi connectivity index (χ3n) is 5.68. The summed E-state index contributed by atoms with van der Waals surface area (Å²) in [6, 6.07) is 15.0. The molecule has 0 aromatic heterocycles. The fourth-order valence-electron chi connectivity index (χ4n) is 3.39. The quantitative estimate of drug-likeness (QED) is 0.745. The van der Waals surface area contributed by atoms with E-state index < -0.39 is 0 Å². The zero-order valence-corrected chi connectivity index (χ0v) is 17.5. The van der Waals surface area contributed by atoms with E-state index in [0.717, 1.165) is 32.4 Å². The molecule has 3 rings (SSSR count). The second-order valence-electron chi connectivity index (χ2n) is 8.18. The van der Waals surface area contributed by atoms with E-state index in [0.29, 0.717) is 17.0 Å². The highest BCUT2D eigenvalue weighted by Gasteiger charge is 2.20. The summed E-state index contributed by atoms with van der Waals surface area (Å²) in [5.41, 5.74) is 2.56. The number of carbonyl (C=O) groups is 2. The van der Waals surface area contributed by atoms with Crippen molar-refractivity contribution in [2.24, 2.45) is 0 Å². The molecule has 0 unspecified atom stereocenters. The van der Waals surface area contributed by atoms with Crippen LogP contribution in [0.5, 0.6) is 5.75 Å². The Balaban J connectivity index is 1.54. The van der Waals surface area contributed by atoms with Gasteiger partial charge in [-0.25, -0.2) is 0 Å². The second-order valence-corrected chi connectivity index (χ2v) is 8.18. The van der Waals surface area contributed by atoms with Gasteiger partial charge < -0.3 is 15.0 Å². The fraction of sp³-hybridized carbons (Fsp3) is 0.417. The molecule has 1 fully saturated rings. The minimum absolute atomic E-state index is 0.0185. The first-order chi connectivity index (χ1) is 13.9. The molecule has 2 aromatic rings. The number of rotatable bonds is 7. The fourth-order valence-corrected chi connectivity index (χ4v) is 3.39. The molecule has 1 saturated heterocycles. The monoisotopic (exact) mass is 394 g/mol. The summed E-state index contributed by atoms with van der Waals surface area (Å²) in [5, 5.41) is 2.81. The van der Waals surface area contributed by atoms with Crippen molar-refractivity contribution in [2.75, 3.05) is 25.0 Å². The summed E-state index contributed by atoms with van der Waals surface area (Å²) in [4.78, 5) is 26.6. The molecule has 0 saturated carbocycles. The van der Waals surface area contributed by atoms with E-state index in [4.69, 9.17) is 4.74 Å². The van der Waals surface area contributed by atoms with Crippen LogP contribution in [0.15, 0.2) is 48.5 Å². The summed E-state index contributed by atoms with van der Waals surface area (Å²) in [6.07, 6.45) is 3.15. The Morgan fingerprint density at radius 2 is 1.76 bits per heavy atom. The largest absolute Gasteiger partial charge is 0.484 e. The van der Waals surface area contributed by atoms with Gasteiger partial charge in [0.25, 0.3) is 11.8 Å². The number of carbonyl (C=O) groups excluding carboxylic acids is 2. The summed E-state index contributed by atoms with van der Waals surface area (Å²) in [7, 11) is 0. The van der Waals surface area contributed by atoms with E-state index in [1.54, 1.807) is 24.3 Å². The van der Waals surface area contributed by atoms with Gasteiger partial charge in [0.15, 0.2) is 6.61 Å². The first-order valence-corrected chi connectivity index (χ1v) is 10.3. The predicted octanol–water partition coefficient (Wildman–Crippen LogP) is 4.63. The molecule has 29 heavy (non-hydrogen) atoms. The lowest BCUT2D eigenvalue weighted by atomic mass is 9.82. The van der Waals surface area contributed by atoms with Crippen LogP contribution in [-0.4, -0.2) is 36.4 Å². The number of nitrogens with one attached hydrogen (secondary N) is 1. The van der Waals surface area contributed by atoms with E-state index in [1.807, 2.05) is 29.2 Å². The van der Waals surface area contributed by atoms with Crippen LogP contribution >= 0.6 is 0 Å². The Hall–Kier alpha value is -2.82. The zero-order chi connectivity index (χ0) is 20.9. The lowest BCUT2D eigenvalue weighted by Crippen LogP contribution is -2.27. The molecule has 1 heterocycles. The van der Waals surface area contributed by atoms with Gasteiger partial charge in [-0.3, -0.25) is 9.59 Å². The van der Waals surface area contributed by atoms with Crippen molar-refractivity contribution in [3.8, 4) is 5.75 Å². The van der Waals surface area contributed by atoms with Crippen LogP contribution in [0.2, 0.25) is 0 Å². The maximum absolute atomic E-state index is 12.5. The molecule has 0 spiro atoms. The van der Waals surface area contributed by atoms with Crippen molar-refractivity contribution in [3.05, 3.63) is 59.7 Å². The van der Waals surface area contributed by atoms with Crippen LogP contribution < -0.4 is 10.1 Å². The minimum atomic E-state index is -0.256. The molecular weight excluding hydrogens is 364 g/mol. The van der Waals surface area contributed by atoms with Gasteiger partial charge in [0.1, 0.15) is 5.75 Å².